The fourth-order valence-corrected chi connectivity index (χ4v) is 3.23. The molecule has 0 atom stereocenters. The molecule has 0 aliphatic heterocycles. The lowest BCUT2D eigenvalue weighted by atomic mass is 10.2. The van der Waals surface area contributed by atoms with Gasteiger partial charge in [-0.2, -0.15) is 13.2 Å². The van der Waals surface area contributed by atoms with Crippen molar-refractivity contribution in [2.24, 2.45) is 0 Å². The molecular weight excluding hydrogens is 375 g/mol. The summed E-state index contributed by atoms with van der Waals surface area (Å²) in [6.45, 7) is 2.49. The van der Waals surface area contributed by atoms with Gasteiger partial charge in [0.2, 0.25) is 0 Å². The summed E-state index contributed by atoms with van der Waals surface area (Å²) < 4.78 is 39.9. The van der Waals surface area contributed by atoms with Gasteiger partial charge >= 0.3 is 6.18 Å². The molecule has 25 heavy (non-hydrogen) atoms. The molecule has 10 heteroatoms. The molecule has 3 aromatic heterocycles. The van der Waals surface area contributed by atoms with Crippen LogP contribution in [0.4, 0.5) is 13.2 Å². The largest absolute Gasteiger partial charge is 0.417 e. The lowest BCUT2D eigenvalue weighted by molar-refractivity contribution is -0.137. The molecular formula is C15H11ClF3N5S. The van der Waals surface area contributed by atoms with Crippen molar-refractivity contribution in [3.63, 3.8) is 0 Å². The number of pyridine rings is 2. The van der Waals surface area contributed by atoms with Crippen molar-refractivity contribution in [1.29, 1.82) is 0 Å². The van der Waals surface area contributed by atoms with Crippen LogP contribution in [-0.2, 0) is 12.7 Å². The molecule has 0 saturated carbocycles. The lowest BCUT2D eigenvalue weighted by Crippen LogP contribution is -2.06. The van der Waals surface area contributed by atoms with Crippen molar-refractivity contribution in [3.05, 3.63) is 47.4 Å². The van der Waals surface area contributed by atoms with Crippen LogP contribution in [0.15, 0.2) is 47.0 Å². The van der Waals surface area contributed by atoms with Gasteiger partial charge in [-0.3, -0.25) is 4.98 Å². The molecule has 130 valence electrons. The first-order valence-corrected chi connectivity index (χ1v) is 8.33. The second-order valence-corrected chi connectivity index (χ2v) is 6.26. The van der Waals surface area contributed by atoms with E-state index < -0.39 is 11.7 Å². The first-order chi connectivity index (χ1) is 11.9. The normalized spacial score (nSPS) is 11.7. The molecule has 0 bridgehead atoms. The highest BCUT2D eigenvalue weighted by atomic mass is 35.5. The van der Waals surface area contributed by atoms with Gasteiger partial charge < -0.3 is 4.57 Å². The summed E-state index contributed by atoms with van der Waals surface area (Å²) in [6, 6.07) is 4.45. The number of hydrogen-bond acceptors (Lipinski definition) is 5. The Morgan fingerprint density at radius 2 is 1.92 bits per heavy atom. The molecule has 5 nitrogen and oxygen atoms in total. The highest BCUT2D eigenvalue weighted by Crippen LogP contribution is 2.36. The van der Waals surface area contributed by atoms with Gasteiger partial charge in [-0.05, 0) is 36.9 Å². The van der Waals surface area contributed by atoms with E-state index >= 15 is 0 Å². The van der Waals surface area contributed by atoms with Gasteiger partial charge in [-0.25, -0.2) is 4.98 Å². The smallest absolute Gasteiger partial charge is 0.302 e. The quantitative estimate of drug-likeness (QED) is 0.658. The SMILES string of the molecule is CCn1c(Sc2ncc(C(F)(F)F)cc2Cl)nnc1-c1ccncc1. The monoisotopic (exact) mass is 385 g/mol. The van der Waals surface area contributed by atoms with Crippen LogP contribution in [-0.4, -0.2) is 24.7 Å². The Balaban J connectivity index is 1.93. The predicted octanol–water partition coefficient (Wildman–Crippen LogP) is 4.58. The van der Waals surface area contributed by atoms with Crippen LogP contribution in [0.25, 0.3) is 11.4 Å². The summed E-state index contributed by atoms with van der Waals surface area (Å²) in [5.74, 6) is 0.635. The minimum Gasteiger partial charge on any atom is -0.302 e. The molecule has 0 saturated heterocycles. The predicted molar refractivity (Wildman–Crippen MR) is 87.3 cm³/mol. The van der Waals surface area contributed by atoms with Crippen molar-refractivity contribution < 1.29 is 13.2 Å². The lowest BCUT2D eigenvalue weighted by Gasteiger charge is -2.09. The van der Waals surface area contributed by atoms with E-state index in [9.17, 15) is 13.2 Å². The second-order valence-electron chi connectivity index (χ2n) is 4.90. The van der Waals surface area contributed by atoms with Crippen molar-refractivity contribution >= 4 is 23.4 Å². The van der Waals surface area contributed by atoms with E-state index in [1.807, 2.05) is 11.5 Å². The highest BCUT2D eigenvalue weighted by molar-refractivity contribution is 7.99. The van der Waals surface area contributed by atoms with Crippen LogP contribution < -0.4 is 0 Å². The van der Waals surface area contributed by atoms with Gasteiger partial charge in [0.15, 0.2) is 11.0 Å². The van der Waals surface area contributed by atoms with E-state index in [-0.39, 0.29) is 10.0 Å². The van der Waals surface area contributed by atoms with E-state index in [1.54, 1.807) is 24.5 Å². The maximum atomic E-state index is 12.7. The molecule has 0 aliphatic carbocycles. The highest BCUT2D eigenvalue weighted by Gasteiger charge is 2.31. The Morgan fingerprint density at radius 3 is 2.52 bits per heavy atom. The van der Waals surface area contributed by atoms with Crippen LogP contribution in [0.3, 0.4) is 0 Å². The number of rotatable bonds is 4. The van der Waals surface area contributed by atoms with Crippen LogP contribution in [0.5, 0.6) is 0 Å². The van der Waals surface area contributed by atoms with Gasteiger partial charge in [0.25, 0.3) is 0 Å². The minimum absolute atomic E-state index is 0.0871. The standard InChI is InChI=1S/C15H11ClF3N5S/c1-2-24-12(9-3-5-20-6-4-9)22-23-14(24)25-13-11(16)7-10(8-21-13)15(17,18)19/h3-8H,2H2,1H3. The molecule has 0 aliphatic rings. The van der Waals surface area contributed by atoms with Crippen LogP contribution in [0.1, 0.15) is 12.5 Å². The third-order valence-electron chi connectivity index (χ3n) is 3.29. The number of halogens is 4. The van der Waals surface area contributed by atoms with E-state index in [1.165, 1.54) is 0 Å². The van der Waals surface area contributed by atoms with E-state index in [2.05, 4.69) is 20.2 Å². The Hall–Kier alpha value is -2.13. The molecule has 0 amide bonds. The topological polar surface area (TPSA) is 56.5 Å². The Morgan fingerprint density at radius 1 is 1.20 bits per heavy atom. The molecule has 0 unspecified atom stereocenters. The van der Waals surface area contributed by atoms with Crippen molar-refractivity contribution in [3.8, 4) is 11.4 Å². The number of hydrogen-bond donors (Lipinski definition) is 0. The first kappa shape index (κ1) is 17.7. The second kappa shape index (κ2) is 7.01. The van der Waals surface area contributed by atoms with Gasteiger partial charge in [0.05, 0.1) is 10.6 Å². The molecule has 0 fully saturated rings. The van der Waals surface area contributed by atoms with E-state index in [4.69, 9.17) is 11.6 Å². The summed E-state index contributed by atoms with van der Waals surface area (Å²) in [5, 5.41) is 8.90. The number of aromatic nitrogens is 5. The van der Waals surface area contributed by atoms with Gasteiger partial charge in [0.1, 0.15) is 5.03 Å². The summed E-state index contributed by atoms with van der Waals surface area (Å²) in [5.41, 5.74) is -0.0565. The number of alkyl halides is 3. The zero-order valence-corrected chi connectivity index (χ0v) is 14.4. The first-order valence-electron chi connectivity index (χ1n) is 7.14. The third-order valence-corrected chi connectivity index (χ3v) is 4.70. The van der Waals surface area contributed by atoms with Crippen LogP contribution in [0.2, 0.25) is 5.02 Å². The Kier molecular flexibility index (Phi) is 4.96. The maximum absolute atomic E-state index is 12.7. The molecule has 3 heterocycles. The fraction of sp³-hybridized carbons (Fsp3) is 0.200. The molecule has 0 aromatic carbocycles. The van der Waals surface area contributed by atoms with Gasteiger partial charge in [-0.15, -0.1) is 10.2 Å². The summed E-state index contributed by atoms with van der Waals surface area (Å²) in [6.07, 6.45) is -0.446. The Labute approximate surface area is 150 Å². The fourth-order valence-electron chi connectivity index (χ4n) is 2.11. The van der Waals surface area contributed by atoms with Gasteiger partial charge in [-0.1, -0.05) is 11.6 Å². The maximum Gasteiger partial charge on any atom is 0.417 e. The Bertz CT molecular complexity index is 883. The van der Waals surface area contributed by atoms with Crippen LogP contribution >= 0.6 is 23.4 Å². The summed E-state index contributed by atoms with van der Waals surface area (Å²) >= 11 is 7.02. The molecule has 0 N–H and O–H groups in total. The number of nitrogens with zero attached hydrogens (tertiary/aromatic N) is 5. The molecule has 3 aromatic rings. The van der Waals surface area contributed by atoms with E-state index in [0.29, 0.717) is 17.5 Å². The summed E-state index contributed by atoms with van der Waals surface area (Å²) in [4.78, 5) is 7.78. The van der Waals surface area contributed by atoms with E-state index in [0.717, 1.165) is 29.6 Å². The minimum atomic E-state index is -4.49. The van der Waals surface area contributed by atoms with Crippen molar-refractivity contribution in [2.75, 3.05) is 0 Å². The van der Waals surface area contributed by atoms with Crippen molar-refractivity contribution in [2.45, 2.75) is 29.8 Å². The average molecular weight is 386 g/mol. The molecule has 3 rings (SSSR count). The van der Waals surface area contributed by atoms with Crippen molar-refractivity contribution in [1.82, 2.24) is 24.7 Å². The van der Waals surface area contributed by atoms with Crippen LogP contribution in [0, 0.1) is 0 Å². The third kappa shape index (κ3) is 3.77. The average Bonchev–Trinajstić information content (AvgIpc) is 2.99. The zero-order valence-electron chi connectivity index (χ0n) is 12.8. The summed E-state index contributed by atoms with van der Waals surface area (Å²) in [7, 11) is 0. The van der Waals surface area contributed by atoms with Gasteiger partial charge in [0, 0.05) is 30.7 Å². The molecule has 0 radical (unpaired) electrons. The zero-order chi connectivity index (χ0) is 18.0. The molecule has 0 spiro atoms.